The summed E-state index contributed by atoms with van der Waals surface area (Å²) in [5.41, 5.74) is 2.65. The van der Waals surface area contributed by atoms with Crippen LogP contribution in [0.1, 0.15) is 28.9 Å². The molecule has 1 aliphatic rings. The molecular formula is C13H15N3O2. The molecule has 0 saturated carbocycles. The van der Waals surface area contributed by atoms with Crippen LogP contribution < -0.4 is 5.32 Å². The summed E-state index contributed by atoms with van der Waals surface area (Å²) in [7, 11) is 0. The number of rotatable bonds is 3. The maximum absolute atomic E-state index is 8.83. The van der Waals surface area contributed by atoms with Crippen molar-refractivity contribution >= 4 is 0 Å². The standard InChI is InChI=1S/C13H15N3O2/c17-6-5-12-15-13(18-16-12)11-7-9-3-1-2-4-10(9)8-14-11/h1-4,11,14,17H,5-8H2. The number of fused-ring (bicyclic) bond motifs is 1. The van der Waals surface area contributed by atoms with E-state index in [1.54, 1.807) is 0 Å². The van der Waals surface area contributed by atoms with Crippen LogP contribution in [0.25, 0.3) is 0 Å². The Labute approximate surface area is 105 Å². The third-order valence-corrected chi connectivity index (χ3v) is 3.20. The molecule has 0 spiro atoms. The lowest BCUT2D eigenvalue weighted by atomic mass is 9.96. The topological polar surface area (TPSA) is 71.2 Å². The van der Waals surface area contributed by atoms with Gasteiger partial charge in [-0.05, 0) is 17.5 Å². The quantitative estimate of drug-likeness (QED) is 0.843. The van der Waals surface area contributed by atoms with E-state index in [4.69, 9.17) is 9.63 Å². The molecule has 5 nitrogen and oxygen atoms in total. The summed E-state index contributed by atoms with van der Waals surface area (Å²) in [4.78, 5) is 4.30. The molecule has 1 aliphatic heterocycles. The fraction of sp³-hybridized carbons (Fsp3) is 0.385. The van der Waals surface area contributed by atoms with Crippen molar-refractivity contribution < 1.29 is 9.63 Å². The van der Waals surface area contributed by atoms with Crippen LogP contribution in [0.5, 0.6) is 0 Å². The Kier molecular flexibility index (Phi) is 3.08. The number of aliphatic hydroxyl groups is 1. The highest BCUT2D eigenvalue weighted by atomic mass is 16.5. The number of nitrogens with one attached hydrogen (secondary N) is 1. The molecule has 2 aromatic rings. The summed E-state index contributed by atoms with van der Waals surface area (Å²) in [5, 5.41) is 16.1. The molecule has 0 amide bonds. The number of aliphatic hydroxyl groups excluding tert-OH is 1. The molecule has 1 aromatic heterocycles. The highest BCUT2D eigenvalue weighted by molar-refractivity contribution is 5.30. The van der Waals surface area contributed by atoms with Gasteiger partial charge in [-0.15, -0.1) is 0 Å². The molecule has 0 radical (unpaired) electrons. The molecule has 0 fully saturated rings. The fourth-order valence-corrected chi connectivity index (χ4v) is 2.24. The van der Waals surface area contributed by atoms with Gasteiger partial charge in [-0.25, -0.2) is 0 Å². The number of nitrogens with zero attached hydrogens (tertiary/aromatic N) is 2. The van der Waals surface area contributed by atoms with Crippen molar-refractivity contribution in [1.82, 2.24) is 15.5 Å². The molecule has 3 rings (SSSR count). The molecule has 1 aromatic carbocycles. The molecule has 94 valence electrons. The van der Waals surface area contributed by atoms with Crippen LogP contribution in [0.2, 0.25) is 0 Å². The van der Waals surface area contributed by atoms with E-state index in [9.17, 15) is 0 Å². The van der Waals surface area contributed by atoms with E-state index in [1.807, 2.05) is 12.1 Å². The van der Waals surface area contributed by atoms with Gasteiger partial charge in [0.15, 0.2) is 5.82 Å². The van der Waals surface area contributed by atoms with Gasteiger partial charge in [0.2, 0.25) is 5.89 Å². The SMILES string of the molecule is OCCc1noc(C2Cc3ccccc3CN2)n1. The van der Waals surface area contributed by atoms with E-state index in [-0.39, 0.29) is 12.6 Å². The minimum atomic E-state index is 0.0416. The van der Waals surface area contributed by atoms with E-state index in [0.29, 0.717) is 18.1 Å². The van der Waals surface area contributed by atoms with Gasteiger partial charge in [-0.3, -0.25) is 0 Å². The van der Waals surface area contributed by atoms with Crippen LogP contribution in [0, 0.1) is 0 Å². The maximum Gasteiger partial charge on any atom is 0.244 e. The summed E-state index contributed by atoms with van der Waals surface area (Å²) in [5.74, 6) is 1.17. The maximum atomic E-state index is 8.83. The first-order valence-corrected chi connectivity index (χ1v) is 6.10. The van der Waals surface area contributed by atoms with Crippen molar-refractivity contribution in [2.45, 2.75) is 25.4 Å². The summed E-state index contributed by atoms with van der Waals surface area (Å²) < 4.78 is 5.24. The molecule has 0 saturated heterocycles. The Hall–Kier alpha value is -1.72. The monoisotopic (exact) mass is 245 g/mol. The zero-order chi connectivity index (χ0) is 12.4. The molecule has 2 N–H and O–H groups in total. The molecule has 5 heteroatoms. The lowest BCUT2D eigenvalue weighted by Crippen LogP contribution is -2.28. The molecule has 18 heavy (non-hydrogen) atoms. The molecular weight excluding hydrogens is 230 g/mol. The van der Waals surface area contributed by atoms with Gasteiger partial charge in [-0.2, -0.15) is 4.98 Å². The van der Waals surface area contributed by atoms with Crippen molar-refractivity contribution in [3.63, 3.8) is 0 Å². The number of aromatic nitrogens is 2. The lowest BCUT2D eigenvalue weighted by Gasteiger charge is -2.23. The largest absolute Gasteiger partial charge is 0.396 e. The third kappa shape index (κ3) is 2.14. The Balaban J connectivity index is 1.78. The van der Waals surface area contributed by atoms with Gasteiger partial charge in [-0.1, -0.05) is 29.4 Å². The second kappa shape index (κ2) is 4.88. The third-order valence-electron chi connectivity index (χ3n) is 3.20. The van der Waals surface area contributed by atoms with Gasteiger partial charge >= 0.3 is 0 Å². The Morgan fingerprint density at radius 2 is 2.17 bits per heavy atom. The molecule has 1 unspecified atom stereocenters. The average Bonchev–Trinajstić information content (AvgIpc) is 2.87. The molecule has 0 bridgehead atoms. The van der Waals surface area contributed by atoms with Crippen LogP contribution in [-0.4, -0.2) is 21.9 Å². The van der Waals surface area contributed by atoms with Crippen LogP contribution in [0.15, 0.2) is 28.8 Å². The first-order chi connectivity index (χ1) is 8.86. The smallest absolute Gasteiger partial charge is 0.244 e. The van der Waals surface area contributed by atoms with Crippen molar-refractivity contribution in [3.05, 3.63) is 47.1 Å². The normalized spacial score (nSPS) is 18.6. The van der Waals surface area contributed by atoms with Crippen molar-refractivity contribution in [3.8, 4) is 0 Å². The second-order valence-corrected chi connectivity index (χ2v) is 4.43. The zero-order valence-electron chi connectivity index (χ0n) is 9.97. The first kappa shape index (κ1) is 11.4. The highest BCUT2D eigenvalue weighted by Gasteiger charge is 2.23. The minimum absolute atomic E-state index is 0.0416. The lowest BCUT2D eigenvalue weighted by molar-refractivity contribution is 0.290. The van der Waals surface area contributed by atoms with E-state index in [0.717, 1.165) is 13.0 Å². The summed E-state index contributed by atoms with van der Waals surface area (Å²) in [6.45, 7) is 0.860. The molecule has 0 aliphatic carbocycles. The Morgan fingerprint density at radius 3 is 3.00 bits per heavy atom. The van der Waals surface area contributed by atoms with E-state index >= 15 is 0 Å². The predicted molar refractivity (Wildman–Crippen MR) is 64.8 cm³/mol. The van der Waals surface area contributed by atoms with Crippen LogP contribution in [-0.2, 0) is 19.4 Å². The van der Waals surface area contributed by atoms with Gasteiger partial charge in [0.25, 0.3) is 0 Å². The molecule has 2 heterocycles. The van der Waals surface area contributed by atoms with Gasteiger partial charge in [0.1, 0.15) is 0 Å². The van der Waals surface area contributed by atoms with Crippen LogP contribution in [0.4, 0.5) is 0 Å². The van der Waals surface area contributed by atoms with E-state index in [1.165, 1.54) is 11.1 Å². The summed E-state index contributed by atoms with van der Waals surface area (Å²) in [6.07, 6.45) is 1.30. The number of benzene rings is 1. The zero-order valence-corrected chi connectivity index (χ0v) is 9.97. The average molecular weight is 245 g/mol. The first-order valence-electron chi connectivity index (χ1n) is 6.10. The van der Waals surface area contributed by atoms with Crippen LogP contribution >= 0.6 is 0 Å². The Bertz CT molecular complexity index is 539. The molecule has 1 atom stereocenters. The van der Waals surface area contributed by atoms with Crippen LogP contribution in [0.3, 0.4) is 0 Å². The van der Waals surface area contributed by atoms with E-state index < -0.39 is 0 Å². The number of hydrogen-bond donors (Lipinski definition) is 2. The van der Waals surface area contributed by atoms with Gasteiger partial charge < -0.3 is 14.9 Å². The van der Waals surface area contributed by atoms with Crippen molar-refractivity contribution in [2.24, 2.45) is 0 Å². The minimum Gasteiger partial charge on any atom is -0.396 e. The predicted octanol–water partition coefficient (Wildman–Crippen LogP) is 0.991. The Morgan fingerprint density at radius 1 is 1.33 bits per heavy atom. The highest BCUT2D eigenvalue weighted by Crippen LogP contribution is 2.24. The second-order valence-electron chi connectivity index (χ2n) is 4.43. The fourth-order valence-electron chi connectivity index (χ4n) is 2.24. The summed E-state index contributed by atoms with van der Waals surface area (Å²) in [6, 6.07) is 8.43. The van der Waals surface area contributed by atoms with Gasteiger partial charge in [0.05, 0.1) is 12.6 Å². The number of hydrogen-bond acceptors (Lipinski definition) is 5. The van der Waals surface area contributed by atoms with Gasteiger partial charge in [0, 0.05) is 13.0 Å². The van der Waals surface area contributed by atoms with Crippen molar-refractivity contribution in [1.29, 1.82) is 0 Å². The van der Waals surface area contributed by atoms with Crippen molar-refractivity contribution in [2.75, 3.05) is 6.61 Å². The van der Waals surface area contributed by atoms with E-state index in [2.05, 4.69) is 27.6 Å². The summed E-state index contributed by atoms with van der Waals surface area (Å²) >= 11 is 0.